The zero-order chi connectivity index (χ0) is 13.8. The van der Waals surface area contributed by atoms with Crippen molar-refractivity contribution in [3.05, 3.63) is 53.3 Å². The lowest BCUT2D eigenvalue weighted by atomic mass is 10.1. The first-order chi connectivity index (χ1) is 9.11. The molecule has 19 heavy (non-hydrogen) atoms. The lowest BCUT2D eigenvalue weighted by molar-refractivity contribution is 0.0784. The van der Waals surface area contributed by atoms with Crippen molar-refractivity contribution in [3.8, 4) is 0 Å². The highest BCUT2D eigenvalue weighted by atomic mass is 16.2. The van der Waals surface area contributed by atoms with Crippen molar-refractivity contribution in [3.63, 3.8) is 0 Å². The van der Waals surface area contributed by atoms with Crippen LogP contribution in [-0.4, -0.2) is 27.6 Å². The summed E-state index contributed by atoms with van der Waals surface area (Å²) >= 11 is 0. The summed E-state index contributed by atoms with van der Waals surface area (Å²) in [5, 5.41) is 4.01. The maximum atomic E-state index is 12.2. The molecule has 0 bridgehead atoms. The average Bonchev–Trinajstić information content (AvgIpc) is 2.85. The Labute approximate surface area is 112 Å². The number of aryl methyl sites for hydroxylation is 1. The van der Waals surface area contributed by atoms with Crippen LogP contribution in [0.3, 0.4) is 0 Å². The summed E-state index contributed by atoms with van der Waals surface area (Å²) in [4.78, 5) is 13.9. The fraction of sp³-hybridized carbons (Fsp3) is 0.286. The van der Waals surface area contributed by atoms with Gasteiger partial charge in [-0.2, -0.15) is 5.10 Å². The summed E-state index contributed by atoms with van der Waals surface area (Å²) in [6.07, 6.45) is 3.29. The molecule has 2 rings (SSSR count). The zero-order valence-corrected chi connectivity index (χ0v) is 11.2. The molecular formula is C14H18N4O. The molecule has 5 heteroatoms. The van der Waals surface area contributed by atoms with E-state index in [-0.39, 0.29) is 5.91 Å². The van der Waals surface area contributed by atoms with Crippen LogP contribution in [0, 0.1) is 0 Å². The van der Waals surface area contributed by atoms with Gasteiger partial charge in [-0.25, -0.2) is 0 Å². The van der Waals surface area contributed by atoms with Crippen molar-refractivity contribution in [1.29, 1.82) is 0 Å². The Morgan fingerprint density at radius 1 is 1.37 bits per heavy atom. The van der Waals surface area contributed by atoms with Crippen LogP contribution in [0.2, 0.25) is 0 Å². The number of hydrogen-bond donors (Lipinski definition) is 1. The molecule has 0 fully saturated rings. The number of benzene rings is 1. The van der Waals surface area contributed by atoms with Crippen LogP contribution in [0.4, 0.5) is 0 Å². The Bertz CT molecular complexity index is 576. The van der Waals surface area contributed by atoms with Gasteiger partial charge in [0, 0.05) is 33.4 Å². The number of nitrogens with zero attached hydrogens (tertiary/aromatic N) is 3. The average molecular weight is 258 g/mol. The Morgan fingerprint density at radius 3 is 2.63 bits per heavy atom. The molecule has 5 nitrogen and oxygen atoms in total. The molecule has 1 amide bonds. The van der Waals surface area contributed by atoms with Crippen molar-refractivity contribution in [2.24, 2.45) is 12.8 Å². The lowest BCUT2D eigenvalue weighted by Crippen LogP contribution is -2.26. The van der Waals surface area contributed by atoms with E-state index >= 15 is 0 Å². The largest absolute Gasteiger partial charge is 0.337 e. The van der Waals surface area contributed by atoms with Crippen LogP contribution in [0.15, 0.2) is 36.7 Å². The second-order valence-corrected chi connectivity index (χ2v) is 4.54. The third kappa shape index (κ3) is 3.00. The Kier molecular flexibility index (Phi) is 3.97. The third-order valence-electron chi connectivity index (χ3n) is 3.04. The number of carbonyl (C=O) groups excluding carboxylic acids is 1. The van der Waals surface area contributed by atoms with Gasteiger partial charge in [-0.15, -0.1) is 0 Å². The molecule has 0 aliphatic rings. The molecule has 0 spiro atoms. The van der Waals surface area contributed by atoms with E-state index in [2.05, 4.69) is 5.10 Å². The molecule has 2 aromatic rings. The van der Waals surface area contributed by atoms with E-state index in [0.717, 1.165) is 11.1 Å². The summed E-state index contributed by atoms with van der Waals surface area (Å²) in [6, 6.07) is 7.89. The van der Waals surface area contributed by atoms with E-state index < -0.39 is 0 Å². The maximum Gasteiger partial charge on any atom is 0.257 e. The number of nitrogens with two attached hydrogens (primary N) is 1. The van der Waals surface area contributed by atoms with Gasteiger partial charge in [0.25, 0.3) is 5.91 Å². The molecule has 1 heterocycles. The van der Waals surface area contributed by atoms with Gasteiger partial charge in [0.1, 0.15) is 0 Å². The van der Waals surface area contributed by atoms with Crippen LogP contribution >= 0.6 is 0 Å². The van der Waals surface area contributed by atoms with Crippen molar-refractivity contribution in [2.45, 2.75) is 13.1 Å². The van der Waals surface area contributed by atoms with E-state index in [1.54, 1.807) is 36.1 Å². The highest BCUT2D eigenvalue weighted by Crippen LogP contribution is 2.12. The van der Waals surface area contributed by atoms with E-state index in [1.165, 1.54) is 0 Å². The molecule has 0 aliphatic heterocycles. The lowest BCUT2D eigenvalue weighted by Gasteiger charge is -2.18. The number of rotatable bonds is 4. The van der Waals surface area contributed by atoms with Crippen LogP contribution in [0.1, 0.15) is 21.5 Å². The van der Waals surface area contributed by atoms with Crippen LogP contribution < -0.4 is 5.73 Å². The van der Waals surface area contributed by atoms with E-state index in [4.69, 9.17) is 5.73 Å². The van der Waals surface area contributed by atoms with Crippen molar-refractivity contribution in [1.82, 2.24) is 14.7 Å². The number of carbonyl (C=O) groups is 1. The fourth-order valence-electron chi connectivity index (χ4n) is 1.99. The number of amides is 1. The smallest absolute Gasteiger partial charge is 0.257 e. The first kappa shape index (κ1) is 13.3. The molecule has 0 radical (unpaired) electrons. The SMILES string of the molecule is CN(Cc1ccccc1CN)C(=O)c1cnn(C)c1. The van der Waals surface area contributed by atoms with Crippen molar-refractivity contribution in [2.75, 3.05) is 7.05 Å². The topological polar surface area (TPSA) is 64.2 Å². The highest BCUT2D eigenvalue weighted by Gasteiger charge is 2.14. The van der Waals surface area contributed by atoms with Crippen LogP contribution in [-0.2, 0) is 20.1 Å². The predicted octanol–water partition coefficient (Wildman–Crippen LogP) is 1.15. The molecule has 0 aliphatic carbocycles. The molecule has 1 aromatic carbocycles. The first-order valence-corrected chi connectivity index (χ1v) is 6.12. The minimum atomic E-state index is -0.0417. The van der Waals surface area contributed by atoms with E-state index in [9.17, 15) is 4.79 Å². The molecule has 1 aromatic heterocycles. The normalized spacial score (nSPS) is 10.5. The molecule has 0 saturated heterocycles. The summed E-state index contributed by atoms with van der Waals surface area (Å²) in [7, 11) is 3.57. The highest BCUT2D eigenvalue weighted by molar-refractivity contribution is 5.93. The van der Waals surface area contributed by atoms with Gasteiger partial charge in [0.05, 0.1) is 11.8 Å². The molecule has 100 valence electrons. The Balaban J connectivity index is 2.12. The molecule has 2 N–H and O–H groups in total. The standard InChI is InChI=1S/C14H18N4O/c1-17(14(19)13-8-16-18(2)10-13)9-12-6-4-3-5-11(12)7-15/h3-6,8,10H,7,9,15H2,1-2H3. The summed E-state index contributed by atoms with van der Waals surface area (Å²) in [5.41, 5.74) is 8.43. The summed E-state index contributed by atoms with van der Waals surface area (Å²) in [6.45, 7) is 1.02. The monoisotopic (exact) mass is 258 g/mol. The zero-order valence-electron chi connectivity index (χ0n) is 11.2. The van der Waals surface area contributed by atoms with Gasteiger partial charge in [0.15, 0.2) is 0 Å². The maximum absolute atomic E-state index is 12.2. The number of aromatic nitrogens is 2. The second-order valence-electron chi connectivity index (χ2n) is 4.54. The molecule has 0 atom stereocenters. The van der Waals surface area contributed by atoms with Gasteiger partial charge < -0.3 is 10.6 Å². The van der Waals surface area contributed by atoms with E-state index in [0.29, 0.717) is 18.7 Å². The van der Waals surface area contributed by atoms with E-state index in [1.807, 2.05) is 24.3 Å². The van der Waals surface area contributed by atoms with Gasteiger partial charge in [0.2, 0.25) is 0 Å². The van der Waals surface area contributed by atoms with Crippen LogP contribution in [0.5, 0.6) is 0 Å². The van der Waals surface area contributed by atoms with Crippen molar-refractivity contribution >= 4 is 5.91 Å². The minimum Gasteiger partial charge on any atom is -0.337 e. The Hall–Kier alpha value is -2.14. The number of hydrogen-bond acceptors (Lipinski definition) is 3. The van der Waals surface area contributed by atoms with Crippen molar-refractivity contribution < 1.29 is 4.79 Å². The third-order valence-corrected chi connectivity index (χ3v) is 3.04. The van der Waals surface area contributed by atoms with Gasteiger partial charge >= 0.3 is 0 Å². The van der Waals surface area contributed by atoms with Gasteiger partial charge in [-0.1, -0.05) is 24.3 Å². The van der Waals surface area contributed by atoms with Gasteiger partial charge in [-0.05, 0) is 11.1 Å². The minimum absolute atomic E-state index is 0.0417. The summed E-state index contributed by atoms with van der Waals surface area (Å²) < 4.78 is 1.62. The predicted molar refractivity (Wildman–Crippen MR) is 73.3 cm³/mol. The second kappa shape index (κ2) is 5.67. The first-order valence-electron chi connectivity index (χ1n) is 6.12. The molecule has 0 unspecified atom stereocenters. The van der Waals surface area contributed by atoms with Crippen LogP contribution in [0.25, 0.3) is 0 Å². The Morgan fingerprint density at radius 2 is 2.05 bits per heavy atom. The molecule has 0 saturated carbocycles. The van der Waals surface area contributed by atoms with Gasteiger partial charge in [-0.3, -0.25) is 9.48 Å². The fourth-order valence-corrected chi connectivity index (χ4v) is 1.99. The quantitative estimate of drug-likeness (QED) is 0.894. The molecular weight excluding hydrogens is 240 g/mol. The summed E-state index contributed by atoms with van der Waals surface area (Å²) in [5.74, 6) is -0.0417.